The van der Waals surface area contributed by atoms with Gasteiger partial charge in [0.15, 0.2) is 0 Å². The first-order valence-electron chi connectivity index (χ1n) is 9.30. The largest absolute Gasteiger partial charge is 0.338 e. The Morgan fingerprint density at radius 2 is 2.07 bits per heavy atom. The molecule has 3 rings (SSSR count). The van der Waals surface area contributed by atoms with E-state index >= 15 is 0 Å². The fourth-order valence-electron chi connectivity index (χ4n) is 3.31. The highest BCUT2D eigenvalue weighted by atomic mass is 32.1. The summed E-state index contributed by atoms with van der Waals surface area (Å²) in [5.74, 6) is 0.204. The van der Waals surface area contributed by atoms with E-state index in [1.54, 1.807) is 11.3 Å². The Morgan fingerprint density at radius 3 is 2.70 bits per heavy atom. The molecule has 2 aromatic rings. The molecule has 27 heavy (non-hydrogen) atoms. The molecule has 1 aliphatic heterocycles. The molecule has 2 heterocycles. The van der Waals surface area contributed by atoms with Crippen LogP contribution in [0.3, 0.4) is 0 Å². The van der Waals surface area contributed by atoms with Gasteiger partial charge >= 0.3 is 6.03 Å². The van der Waals surface area contributed by atoms with Crippen molar-refractivity contribution in [2.75, 3.05) is 11.9 Å². The molecule has 2 N–H and O–H groups in total. The van der Waals surface area contributed by atoms with E-state index in [4.69, 9.17) is 0 Å². The van der Waals surface area contributed by atoms with Crippen molar-refractivity contribution in [3.63, 3.8) is 0 Å². The first-order chi connectivity index (χ1) is 12.8. The predicted octanol–water partition coefficient (Wildman–Crippen LogP) is 4.78. The van der Waals surface area contributed by atoms with Crippen LogP contribution < -0.4 is 10.6 Å². The lowest BCUT2D eigenvalue weighted by Gasteiger charge is -2.30. The van der Waals surface area contributed by atoms with Gasteiger partial charge in [-0.3, -0.25) is 4.79 Å². The van der Waals surface area contributed by atoms with Crippen LogP contribution in [0.5, 0.6) is 0 Å². The normalized spacial score (nSPS) is 15.7. The number of hydrogen-bond donors (Lipinski definition) is 2. The Kier molecular flexibility index (Phi) is 5.85. The van der Waals surface area contributed by atoms with E-state index in [0.717, 1.165) is 29.1 Å². The van der Waals surface area contributed by atoms with Crippen molar-refractivity contribution in [1.82, 2.24) is 10.2 Å². The Bertz CT molecular complexity index is 796. The zero-order valence-corrected chi connectivity index (χ0v) is 16.9. The summed E-state index contributed by atoms with van der Waals surface area (Å²) < 4.78 is 0. The molecule has 0 aliphatic carbocycles. The van der Waals surface area contributed by atoms with Crippen molar-refractivity contribution in [2.45, 2.75) is 46.2 Å². The summed E-state index contributed by atoms with van der Waals surface area (Å²) in [5.41, 5.74) is 1.66. The number of amides is 3. The van der Waals surface area contributed by atoms with Crippen LogP contribution in [0.2, 0.25) is 0 Å². The van der Waals surface area contributed by atoms with Gasteiger partial charge in [-0.25, -0.2) is 4.79 Å². The Hall–Kier alpha value is -2.34. The van der Waals surface area contributed by atoms with Crippen molar-refractivity contribution in [1.29, 1.82) is 0 Å². The molecule has 1 atom stereocenters. The molecule has 5 nitrogen and oxygen atoms in total. The number of anilines is 1. The molecule has 0 saturated carbocycles. The molecule has 1 aliphatic rings. The van der Waals surface area contributed by atoms with Crippen LogP contribution in [-0.2, 0) is 11.3 Å². The third kappa shape index (κ3) is 5.10. The smallest absolute Gasteiger partial charge is 0.319 e. The second-order valence-electron chi connectivity index (χ2n) is 8.03. The molecule has 144 valence electrons. The van der Waals surface area contributed by atoms with Gasteiger partial charge < -0.3 is 15.5 Å². The molecule has 0 radical (unpaired) electrons. The Labute approximate surface area is 164 Å². The number of hydrogen-bond acceptors (Lipinski definition) is 3. The number of urea groups is 1. The van der Waals surface area contributed by atoms with E-state index in [2.05, 4.69) is 37.5 Å². The lowest BCUT2D eigenvalue weighted by molar-refractivity contribution is -0.128. The third-order valence-electron chi connectivity index (χ3n) is 4.70. The quantitative estimate of drug-likeness (QED) is 0.778. The van der Waals surface area contributed by atoms with Gasteiger partial charge in [0.2, 0.25) is 5.91 Å². The summed E-state index contributed by atoms with van der Waals surface area (Å²) in [4.78, 5) is 27.4. The molecule has 0 spiro atoms. The lowest BCUT2D eigenvalue weighted by atomic mass is 9.86. The molecule has 1 saturated heterocycles. The molecular formula is C21H27N3O2S. The minimum absolute atomic E-state index is 0.0668. The number of nitrogens with one attached hydrogen (secondary N) is 2. The third-order valence-corrected chi connectivity index (χ3v) is 5.64. The predicted molar refractivity (Wildman–Crippen MR) is 110 cm³/mol. The number of thiophene rings is 1. The maximum Gasteiger partial charge on any atom is 0.319 e. The SMILES string of the molecule is CC(C)(C)[C@H](NC(=O)Nc1cccc(CN2CCCC2=O)c1)c1cccs1. The zero-order chi connectivity index (χ0) is 19.4. The van der Waals surface area contributed by atoms with Crippen molar-refractivity contribution < 1.29 is 9.59 Å². The van der Waals surface area contributed by atoms with E-state index in [9.17, 15) is 9.59 Å². The van der Waals surface area contributed by atoms with Gasteiger partial charge in [0, 0.05) is 30.1 Å². The fraction of sp³-hybridized carbons (Fsp3) is 0.429. The van der Waals surface area contributed by atoms with Gasteiger partial charge in [-0.15, -0.1) is 11.3 Å². The van der Waals surface area contributed by atoms with Crippen LogP contribution in [0.1, 0.15) is 50.1 Å². The van der Waals surface area contributed by atoms with Crippen molar-refractivity contribution in [3.8, 4) is 0 Å². The monoisotopic (exact) mass is 385 g/mol. The van der Waals surface area contributed by atoms with E-state index in [1.807, 2.05) is 40.6 Å². The summed E-state index contributed by atoms with van der Waals surface area (Å²) in [6, 6.07) is 11.5. The number of carbonyl (C=O) groups is 2. The number of rotatable bonds is 5. The summed E-state index contributed by atoms with van der Waals surface area (Å²) in [5, 5.41) is 8.06. The molecule has 1 aromatic carbocycles. The van der Waals surface area contributed by atoms with Crippen LogP contribution in [0.15, 0.2) is 41.8 Å². The number of nitrogens with zero attached hydrogens (tertiary/aromatic N) is 1. The van der Waals surface area contributed by atoms with Crippen molar-refractivity contribution >= 4 is 29.0 Å². The average Bonchev–Trinajstić information content (AvgIpc) is 3.24. The minimum Gasteiger partial charge on any atom is -0.338 e. The van der Waals surface area contributed by atoms with Gasteiger partial charge in [0.1, 0.15) is 0 Å². The maximum atomic E-state index is 12.6. The number of benzene rings is 1. The van der Waals surface area contributed by atoms with Gasteiger partial charge in [0.25, 0.3) is 0 Å². The number of likely N-dealkylation sites (tertiary alicyclic amines) is 1. The van der Waals surface area contributed by atoms with Crippen molar-refractivity contribution in [3.05, 3.63) is 52.2 Å². The molecule has 0 unspecified atom stereocenters. The van der Waals surface area contributed by atoms with Gasteiger partial charge in [-0.1, -0.05) is 39.0 Å². The average molecular weight is 386 g/mol. The fourth-order valence-corrected chi connectivity index (χ4v) is 4.33. The Morgan fingerprint density at radius 1 is 1.26 bits per heavy atom. The van der Waals surface area contributed by atoms with E-state index < -0.39 is 0 Å². The standard InChI is InChI=1S/C21H27N3O2S/c1-21(2,3)19(17-9-6-12-27-17)23-20(26)22-16-8-4-7-15(13-16)14-24-11-5-10-18(24)25/h4,6-9,12-13,19H,5,10-11,14H2,1-3H3,(H2,22,23,26)/t19-/m1/s1. The topological polar surface area (TPSA) is 61.4 Å². The van der Waals surface area contributed by atoms with Crippen LogP contribution in [-0.4, -0.2) is 23.4 Å². The number of carbonyl (C=O) groups excluding carboxylic acids is 2. The molecule has 0 bridgehead atoms. The second-order valence-corrected chi connectivity index (χ2v) is 9.01. The summed E-state index contributed by atoms with van der Waals surface area (Å²) >= 11 is 1.65. The second kappa shape index (κ2) is 8.13. The van der Waals surface area contributed by atoms with E-state index in [1.165, 1.54) is 0 Å². The summed E-state index contributed by atoms with van der Waals surface area (Å²) in [6.45, 7) is 7.75. The highest BCUT2D eigenvalue weighted by molar-refractivity contribution is 7.10. The van der Waals surface area contributed by atoms with Crippen LogP contribution in [0.4, 0.5) is 10.5 Å². The van der Waals surface area contributed by atoms with Gasteiger partial charge in [-0.05, 0) is 41.0 Å². The highest BCUT2D eigenvalue weighted by Crippen LogP contribution is 2.35. The van der Waals surface area contributed by atoms with Crippen LogP contribution in [0, 0.1) is 5.41 Å². The van der Waals surface area contributed by atoms with Gasteiger partial charge in [0.05, 0.1) is 6.04 Å². The minimum atomic E-state index is -0.224. The Balaban J connectivity index is 1.65. The van der Waals surface area contributed by atoms with Crippen LogP contribution in [0.25, 0.3) is 0 Å². The maximum absolute atomic E-state index is 12.6. The van der Waals surface area contributed by atoms with Crippen molar-refractivity contribution in [2.24, 2.45) is 5.41 Å². The summed E-state index contributed by atoms with van der Waals surface area (Å²) in [6.07, 6.45) is 1.56. The lowest BCUT2D eigenvalue weighted by Crippen LogP contribution is -2.38. The first kappa shape index (κ1) is 19.4. The van der Waals surface area contributed by atoms with Crippen LogP contribution >= 0.6 is 11.3 Å². The molecule has 1 aromatic heterocycles. The molecule has 3 amide bonds. The van der Waals surface area contributed by atoms with E-state index in [0.29, 0.717) is 13.0 Å². The van der Waals surface area contributed by atoms with E-state index in [-0.39, 0.29) is 23.4 Å². The zero-order valence-electron chi connectivity index (χ0n) is 16.1. The summed E-state index contributed by atoms with van der Waals surface area (Å²) in [7, 11) is 0. The molecule has 1 fully saturated rings. The molecule has 6 heteroatoms. The first-order valence-corrected chi connectivity index (χ1v) is 10.2. The highest BCUT2D eigenvalue weighted by Gasteiger charge is 2.28. The van der Waals surface area contributed by atoms with Gasteiger partial charge in [-0.2, -0.15) is 0 Å². The molecular weight excluding hydrogens is 358 g/mol.